The lowest BCUT2D eigenvalue weighted by molar-refractivity contribution is 0.769. The fourth-order valence-electron chi connectivity index (χ4n) is 9.78. The number of allylic oxidation sites excluding steroid dienone is 5. The molecule has 1 atom stereocenters. The zero-order chi connectivity index (χ0) is 34.9. The second-order valence-corrected chi connectivity index (χ2v) is 14.0. The summed E-state index contributed by atoms with van der Waals surface area (Å²) in [6.45, 7) is 6.42. The van der Waals surface area contributed by atoms with Crippen LogP contribution in [0.4, 0.5) is 11.4 Å². The third-order valence-corrected chi connectivity index (χ3v) is 11.6. The van der Waals surface area contributed by atoms with Crippen molar-refractivity contribution in [1.29, 1.82) is 0 Å². The molecule has 1 unspecified atom stereocenters. The Balaban J connectivity index is 1.15. The molecule has 3 aliphatic rings. The fourth-order valence-corrected chi connectivity index (χ4v) is 9.78. The molecule has 7 aromatic rings. The predicted molar refractivity (Wildman–Crippen MR) is 217 cm³/mol. The Hall–Kier alpha value is -6.44. The van der Waals surface area contributed by atoms with Gasteiger partial charge in [0.1, 0.15) is 0 Å². The Morgan fingerprint density at radius 2 is 0.942 bits per heavy atom. The minimum Gasteiger partial charge on any atom is -0.356 e. The van der Waals surface area contributed by atoms with Gasteiger partial charge in [-0.05, 0) is 109 Å². The molecule has 3 aliphatic carbocycles. The van der Waals surface area contributed by atoms with Crippen LogP contribution in [0.25, 0.3) is 27.8 Å². The third kappa shape index (κ3) is 3.94. The summed E-state index contributed by atoms with van der Waals surface area (Å²) in [6.07, 6.45) is 6.51. The molecule has 10 rings (SSSR count). The lowest BCUT2D eigenvalue weighted by Gasteiger charge is -2.34. The van der Waals surface area contributed by atoms with Crippen LogP contribution in [-0.4, -0.2) is 0 Å². The molecule has 7 aromatic carbocycles. The first-order chi connectivity index (χ1) is 25.7. The maximum atomic E-state index is 4.31. The summed E-state index contributed by atoms with van der Waals surface area (Å²) in [5, 5.41) is 3.89. The Bertz CT molecular complexity index is 2590. The van der Waals surface area contributed by atoms with Gasteiger partial charge in [0.25, 0.3) is 0 Å². The van der Waals surface area contributed by atoms with Crippen molar-refractivity contribution >= 4 is 16.9 Å². The predicted octanol–water partition coefficient (Wildman–Crippen LogP) is 12.6. The molecule has 0 saturated carbocycles. The van der Waals surface area contributed by atoms with Crippen molar-refractivity contribution in [3.8, 4) is 22.3 Å². The van der Waals surface area contributed by atoms with E-state index in [0.29, 0.717) is 0 Å². The Labute approximate surface area is 306 Å². The first kappa shape index (κ1) is 30.4. The van der Waals surface area contributed by atoms with E-state index in [-0.39, 0.29) is 0 Å². The van der Waals surface area contributed by atoms with Crippen LogP contribution in [0.1, 0.15) is 51.4 Å². The molecule has 0 radical (unpaired) electrons. The molecular formula is C51H37N. The zero-order valence-corrected chi connectivity index (χ0v) is 29.1. The molecule has 0 aliphatic heterocycles. The third-order valence-electron chi connectivity index (χ3n) is 11.6. The van der Waals surface area contributed by atoms with Crippen molar-refractivity contribution in [2.24, 2.45) is 0 Å². The highest BCUT2D eigenvalue weighted by Gasteiger charge is 2.52. The van der Waals surface area contributed by atoms with E-state index in [2.05, 4.69) is 201 Å². The number of rotatable bonds is 6. The van der Waals surface area contributed by atoms with Crippen LogP contribution < -0.4 is 5.32 Å². The van der Waals surface area contributed by atoms with Crippen LogP contribution in [0.15, 0.2) is 200 Å². The lowest BCUT2D eigenvalue weighted by Crippen LogP contribution is -2.28. The summed E-state index contributed by atoms with van der Waals surface area (Å²) in [7, 11) is 0. The van der Waals surface area contributed by atoms with Gasteiger partial charge in [-0.3, -0.25) is 0 Å². The van der Waals surface area contributed by atoms with E-state index in [0.717, 1.165) is 11.4 Å². The second kappa shape index (κ2) is 11.5. The average molecular weight is 664 g/mol. The lowest BCUT2D eigenvalue weighted by atomic mass is 9.67. The topological polar surface area (TPSA) is 12.0 Å². The molecule has 0 fully saturated rings. The molecule has 1 N–H and O–H groups in total. The van der Waals surface area contributed by atoms with E-state index in [9.17, 15) is 0 Å². The van der Waals surface area contributed by atoms with Crippen molar-refractivity contribution in [2.45, 2.75) is 17.8 Å². The summed E-state index contributed by atoms with van der Waals surface area (Å²) < 4.78 is 0. The molecule has 1 nitrogen and oxygen atoms in total. The zero-order valence-electron chi connectivity index (χ0n) is 29.1. The maximum absolute atomic E-state index is 4.31. The molecule has 1 spiro atoms. The summed E-state index contributed by atoms with van der Waals surface area (Å²) in [6, 6.07) is 62.7. The highest BCUT2D eigenvalue weighted by atomic mass is 14.9. The molecular weight excluding hydrogens is 627 g/mol. The normalized spacial score (nSPS) is 17.1. The smallest absolute Gasteiger partial charge is 0.0726 e. The van der Waals surface area contributed by atoms with E-state index in [1.54, 1.807) is 0 Å². The standard InChI is InChI=1S/C51H37N/c1-3-17-44-38(4-2)39-22-8-14-28-47(39)51(44)48-29-15-11-25-42(48)43-31-30-37(33-49(43)51)52-36-21-16-20-35(32-36)50(34-18-6-5-7-19-34)45-26-12-9-23-40(45)41-24-10-13-27-46(41)50/h3-33,52H,2H2,1H3/b17-3-. The first-order valence-corrected chi connectivity index (χ1v) is 18.2. The van der Waals surface area contributed by atoms with Crippen LogP contribution in [-0.2, 0) is 10.8 Å². The van der Waals surface area contributed by atoms with Gasteiger partial charge in [0.15, 0.2) is 0 Å². The van der Waals surface area contributed by atoms with Crippen molar-refractivity contribution in [1.82, 2.24) is 0 Å². The van der Waals surface area contributed by atoms with Gasteiger partial charge >= 0.3 is 0 Å². The van der Waals surface area contributed by atoms with E-state index in [1.165, 1.54) is 77.9 Å². The van der Waals surface area contributed by atoms with Crippen LogP contribution >= 0.6 is 0 Å². The Kier molecular flexibility index (Phi) is 6.75. The fraction of sp³-hybridized carbons (Fsp3) is 0.0588. The highest BCUT2D eigenvalue weighted by Crippen LogP contribution is 2.63. The summed E-state index contributed by atoms with van der Waals surface area (Å²) in [5.41, 5.74) is 19.2. The number of hydrogen-bond donors (Lipinski definition) is 1. The van der Waals surface area contributed by atoms with Gasteiger partial charge in [0, 0.05) is 11.4 Å². The maximum Gasteiger partial charge on any atom is 0.0726 e. The monoisotopic (exact) mass is 663 g/mol. The van der Waals surface area contributed by atoms with E-state index >= 15 is 0 Å². The van der Waals surface area contributed by atoms with Gasteiger partial charge < -0.3 is 5.32 Å². The molecule has 0 heterocycles. The Morgan fingerprint density at radius 3 is 1.56 bits per heavy atom. The van der Waals surface area contributed by atoms with E-state index in [1.807, 2.05) is 6.08 Å². The molecule has 0 bridgehead atoms. The molecule has 0 aromatic heterocycles. The summed E-state index contributed by atoms with van der Waals surface area (Å²) in [4.78, 5) is 0. The molecule has 246 valence electrons. The number of fused-ring (bicyclic) bond motifs is 10. The van der Waals surface area contributed by atoms with Crippen LogP contribution in [0.2, 0.25) is 0 Å². The van der Waals surface area contributed by atoms with Crippen molar-refractivity contribution in [3.63, 3.8) is 0 Å². The molecule has 52 heavy (non-hydrogen) atoms. The van der Waals surface area contributed by atoms with Gasteiger partial charge in [-0.1, -0.05) is 170 Å². The van der Waals surface area contributed by atoms with Gasteiger partial charge in [-0.15, -0.1) is 0 Å². The summed E-state index contributed by atoms with van der Waals surface area (Å²) in [5.74, 6) is 0. The Morgan fingerprint density at radius 1 is 0.442 bits per heavy atom. The summed E-state index contributed by atoms with van der Waals surface area (Å²) >= 11 is 0. The van der Waals surface area contributed by atoms with Crippen molar-refractivity contribution in [2.75, 3.05) is 5.32 Å². The van der Waals surface area contributed by atoms with Crippen molar-refractivity contribution < 1.29 is 0 Å². The van der Waals surface area contributed by atoms with Gasteiger partial charge in [0.05, 0.1) is 10.8 Å². The SMILES string of the molecule is C=CC1=C(/C=C\C)C2(c3ccccc31)c1ccccc1-c1ccc(Nc3cccc(C4(c5ccccc5)c5ccccc5-c5ccccc54)c3)cc12. The van der Waals surface area contributed by atoms with Gasteiger partial charge in [-0.2, -0.15) is 0 Å². The first-order valence-electron chi connectivity index (χ1n) is 18.2. The molecule has 0 saturated heterocycles. The molecule has 1 heteroatoms. The van der Waals surface area contributed by atoms with Gasteiger partial charge in [-0.25, -0.2) is 0 Å². The average Bonchev–Trinajstić information content (AvgIpc) is 3.78. The van der Waals surface area contributed by atoms with E-state index in [4.69, 9.17) is 0 Å². The van der Waals surface area contributed by atoms with Gasteiger partial charge in [0.2, 0.25) is 0 Å². The van der Waals surface area contributed by atoms with E-state index < -0.39 is 10.8 Å². The number of hydrogen-bond acceptors (Lipinski definition) is 1. The quantitative estimate of drug-likeness (QED) is 0.187. The highest BCUT2D eigenvalue weighted by molar-refractivity contribution is 5.98. The minimum absolute atomic E-state index is 0.438. The number of anilines is 2. The second-order valence-electron chi connectivity index (χ2n) is 14.0. The van der Waals surface area contributed by atoms with Crippen LogP contribution in [0.5, 0.6) is 0 Å². The van der Waals surface area contributed by atoms with Crippen LogP contribution in [0, 0.1) is 0 Å². The largest absolute Gasteiger partial charge is 0.356 e. The number of nitrogens with one attached hydrogen (secondary N) is 1. The molecule has 0 amide bonds. The number of benzene rings is 7. The van der Waals surface area contributed by atoms with Crippen LogP contribution in [0.3, 0.4) is 0 Å². The van der Waals surface area contributed by atoms with Crippen molar-refractivity contribution in [3.05, 3.63) is 245 Å². The minimum atomic E-state index is -0.448.